The van der Waals surface area contributed by atoms with Crippen molar-refractivity contribution in [2.24, 2.45) is 0 Å². The minimum absolute atomic E-state index is 0.134. The molecule has 0 N–H and O–H groups in total. The molecular formula is C15H17IN4O4. The molecule has 0 atom stereocenters. The van der Waals surface area contributed by atoms with Crippen molar-refractivity contribution in [1.82, 2.24) is 14.8 Å². The number of rotatable bonds is 2. The number of benzene rings is 1. The molecular weight excluding hydrogens is 427 g/mol. The summed E-state index contributed by atoms with van der Waals surface area (Å²) in [6.07, 6.45) is 0.387. The zero-order chi connectivity index (χ0) is 17.6. The van der Waals surface area contributed by atoms with Gasteiger partial charge in [0.1, 0.15) is 3.70 Å². The van der Waals surface area contributed by atoms with Gasteiger partial charge >= 0.3 is 6.09 Å². The van der Waals surface area contributed by atoms with Gasteiger partial charge in [-0.05, 0) is 40.0 Å². The van der Waals surface area contributed by atoms with E-state index in [4.69, 9.17) is 4.84 Å². The van der Waals surface area contributed by atoms with Crippen molar-refractivity contribution in [2.45, 2.75) is 32.6 Å². The third kappa shape index (κ3) is 2.80. The Morgan fingerprint density at radius 1 is 1.38 bits per heavy atom. The van der Waals surface area contributed by atoms with Gasteiger partial charge in [-0.15, -0.1) is 5.10 Å². The van der Waals surface area contributed by atoms with Crippen LogP contribution in [-0.2, 0) is 5.41 Å². The standard InChI is InChI=1S/C15H17IN4O4/c1-15(2,3)9-5-6-10(20(22)23)12-11(9)13(16)17-19(12)24-14(21)18-7-4-8-18/h5-6H,4,7-8H2,1-3H3. The van der Waals surface area contributed by atoms with Gasteiger partial charge in [0, 0.05) is 24.5 Å². The van der Waals surface area contributed by atoms with Crippen LogP contribution in [0.4, 0.5) is 10.5 Å². The highest BCUT2D eigenvalue weighted by atomic mass is 127. The maximum absolute atomic E-state index is 12.1. The molecule has 0 aliphatic carbocycles. The number of halogens is 1. The van der Waals surface area contributed by atoms with Gasteiger partial charge in [-0.25, -0.2) is 4.79 Å². The molecule has 1 saturated heterocycles. The number of non-ortho nitro benzene ring substituents is 1. The summed E-state index contributed by atoms with van der Waals surface area (Å²) in [7, 11) is 0. The number of nitro benzene ring substituents is 1. The van der Waals surface area contributed by atoms with E-state index < -0.39 is 11.0 Å². The molecule has 1 aliphatic rings. The minimum atomic E-state index is -0.544. The van der Waals surface area contributed by atoms with E-state index >= 15 is 0 Å². The maximum atomic E-state index is 12.1. The Bertz CT molecular complexity index is 836. The van der Waals surface area contributed by atoms with Gasteiger partial charge in [0.25, 0.3) is 5.69 Å². The summed E-state index contributed by atoms with van der Waals surface area (Å²) in [4.78, 5) is 30.8. The SMILES string of the molecule is CC(C)(C)c1ccc([N+](=O)[O-])c2c1c(I)nn2OC(=O)N1CCC1. The second kappa shape index (κ2) is 5.87. The molecule has 0 saturated carbocycles. The fourth-order valence-corrected chi connectivity index (χ4v) is 3.37. The van der Waals surface area contributed by atoms with E-state index in [0.717, 1.165) is 16.8 Å². The van der Waals surface area contributed by atoms with Crippen molar-refractivity contribution >= 4 is 45.3 Å². The van der Waals surface area contributed by atoms with Crippen molar-refractivity contribution in [3.63, 3.8) is 0 Å². The van der Waals surface area contributed by atoms with E-state index in [1.807, 2.05) is 43.4 Å². The van der Waals surface area contributed by atoms with Crippen molar-refractivity contribution in [3.05, 3.63) is 31.5 Å². The van der Waals surface area contributed by atoms with Crippen LogP contribution in [0.3, 0.4) is 0 Å². The van der Waals surface area contributed by atoms with Gasteiger partial charge in [-0.3, -0.25) is 15.0 Å². The Morgan fingerprint density at radius 2 is 2.04 bits per heavy atom. The Morgan fingerprint density at radius 3 is 2.54 bits per heavy atom. The highest BCUT2D eigenvalue weighted by Crippen LogP contribution is 2.37. The number of hydrogen-bond acceptors (Lipinski definition) is 5. The lowest BCUT2D eigenvalue weighted by Crippen LogP contribution is -2.45. The molecule has 2 aromatic rings. The van der Waals surface area contributed by atoms with Crippen LogP contribution in [0.25, 0.3) is 10.9 Å². The Balaban J connectivity index is 2.19. The Hall–Kier alpha value is -1.91. The third-order valence-electron chi connectivity index (χ3n) is 4.02. The van der Waals surface area contributed by atoms with Gasteiger partial charge in [-0.2, -0.15) is 0 Å². The van der Waals surface area contributed by atoms with E-state index in [2.05, 4.69) is 5.10 Å². The number of hydrogen-bond donors (Lipinski definition) is 0. The Kier molecular flexibility index (Phi) is 4.14. The van der Waals surface area contributed by atoms with Crippen LogP contribution in [0.2, 0.25) is 0 Å². The summed E-state index contributed by atoms with van der Waals surface area (Å²) >= 11 is 2.01. The van der Waals surface area contributed by atoms with Gasteiger partial charge < -0.3 is 4.90 Å². The first-order valence-corrected chi connectivity index (χ1v) is 8.61. The average molecular weight is 444 g/mol. The Labute approximate surface area is 152 Å². The molecule has 1 aromatic carbocycles. The number of carbonyl (C=O) groups excluding carboxylic acids is 1. The largest absolute Gasteiger partial charge is 0.435 e. The maximum Gasteiger partial charge on any atom is 0.435 e. The quantitative estimate of drug-likeness (QED) is 0.404. The van der Waals surface area contributed by atoms with Crippen LogP contribution in [0.5, 0.6) is 0 Å². The molecule has 3 rings (SSSR count). The predicted octanol–water partition coefficient (Wildman–Crippen LogP) is 3.10. The van der Waals surface area contributed by atoms with Gasteiger partial charge in [-0.1, -0.05) is 31.7 Å². The van der Waals surface area contributed by atoms with Crippen molar-refractivity contribution < 1.29 is 14.6 Å². The smallest absolute Gasteiger partial charge is 0.306 e. The zero-order valence-electron chi connectivity index (χ0n) is 13.6. The van der Waals surface area contributed by atoms with E-state index in [-0.39, 0.29) is 16.6 Å². The second-order valence-electron chi connectivity index (χ2n) is 6.72. The fourth-order valence-electron chi connectivity index (χ4n) is 2.63. The molecule has 2 heterocycles. The van der Waals surface area contributed by atoms with Gasteiger partial charge in [0.15, 0.2) is 5.52 Å². The number of carbonyl (C=O) groups is 1. The summed E-state index contributed by atoms with van der Waals surface area (Å²) in [6, 6.07) is 3.18. The van der Waals surface area contributed by atoms with Crippen molar-refractivity contribution in [2.75, 3.05) is 13.1 Å². The number of nitro groups is 1. The fraction of sp³-hybridized carbons (Fsp3) is 0.467. The molecule has 9 heteroatoms. The lowest BCUT2D eigenvalue weighted by Gasteiger charge is -2.29. The normalized spacial score (nSPS) is 14.6. The van der Waals surface area contributed by atoms with Crippen molar-refractivity contribution in [1.29, 1.82) is 0 Å². The van der Waals surface area contributed by atoms with Gasteiger partial charge in [0.2, 0.25) is 0 Å². The average Bonchev–Trinajstić information content (AvgIpc) is 2.72. The van der Waals surface area contributed by atoms with Crippen LogP contribution in [0.1, 0.15) is 32.8 Å². The molecule has 1 aromatic heterocycles. The number of likely N-dealkylation sites (tertiary alicyclic amines) is 1. The van der Waals surface area contributed by atoms with E-state index in [1.165, 1.54) is 11.0 Å². The van der Waals surface area contributed by atoms with E-state index in [0.29, 0.717) is 22.2 Å². The summed E-state index contributed by atoms with van der Waals surface area (Å²) in [5, 5.41) is 16.3. The first-order valence-electron chi connectivity index (χ1n) is 7.53. The van der Waals surface area contributed by atoms with Crippen LogP contribution in [0.15, 0.2) is 12.1 Å². The molecule has 0 radical (unpaired) electrons. The van der Waals surface area contributed by atoms with Crippen LogP contribution in [0, 0.1) is 13.8 Å². The lowest BCUT2D eigenvalue weighted by atomic mass is 9.85. The third-order valence-corrected chi connectivity index (χ3v) is 4.77. The van der Waals surface area contributed by atoms with Crippen LogP contribution < -0.4 is 4.84 Å². The number of nitrogens with zero attached hydrogens (tertiary/aromatic N) is 4. The highest BCUT2D eigenvalue weighted by Gasteiger charge is 2.30. The number of fused-ring (bicyclic) bond motifs is 1. The summed E-state index contributed by atoms with van der Waals surface area (Å²) < 4.78 is 0.563. The molecule has 1 fully saturated rings. The molecule has 8 nitrogen and oxygen atoms in total. The van der Waals surface area contributed by atoms with Gasteiger partial charge in [0.05, 0.1) is 4.92 Å². The molecule has 24 heavy (non-hydrogen) atoms. The topological polar surface area (TPSA) is 90.5 Å². The lowest BCUT2D eigenvalue weighted by molar-refractivity contribution is -0.383. The van der Waals surface area contributed by atoms with Crippen molar-refractivity contribution in [3.8, 4) is 0 Å². The molecule has 0 spiro atoms. The molecule has 0 bridgehead atoms. The number of aromatic nitrogens is 2. The first kappa shape index (κ1) is 16.9. The summed E-state index contributed by atoms with van der Waals surface area (Å²) in [6.45, 7) is 7.32. The summed E-state index contributed by atoms with van der Waals surface area (Å²) in [5.74, 6) is 0. The minimum Gasteiger partial charge on any atom is -0.306 e. The molecule has 0 unspecified atom stereocenters. The monoisotopic (exact) mass is 444 g/mol. The van der Waals surface area contributed by atoms with E-state index in [9.17, 15) is 14.9 Å². The molecule has 1 aliphatic heterocycles. The molecule has 128 valence electrons. The van der Waals surface area contributed by atoms with Crippen LogP contribution >= 0.6 is 22.6 Å². The zero-order valence-corrected chi connectivity index (χ0v) is 15.7. The van der Waals surface area contributed by atoms with E-state index in [1.54, 1.807) is 6.07 Å². The van der Waals surface area contributed by atoms with Crippen LogP contribution in [-0.4, -0.2) is 38.9 Å². The highest BCUT2D eigenvalue weighted by molar-refractivity contribution is 14.1. The predicted molar refractivity (Wildman–Crippen MR) is 96.0 cm³/mol. The molecule has 1 amide bonds. The summed E-state index contributed by atoms with van der Waals surface area (Å²) in [5.41, 5.74) is 0.761. The second-order valence-corrected chi connectivity index (χ2v) is 7.75. The first-order chi connectivity index (χ1) is 11.2. The number of amides is 1.